The molecule has 0 saturated heterocycles. The molecule has 144 valence electrons. The van der Waals surface area contributed by atoms with Crippen LogP contribution in [0.5, 0.6) is 0 Å². The normalized spacial score (nSPS) is 35.8. The van der Waals surface area contributed by atoms with Crippen LogP contribution in [0.15, 0.2) is 0 Å². The highest BCUT2D eigenvalue weighted by molar-refractivity contribution is 7.86. The second-order valence-electron chi connectivity index (χ2n) is 7.77. The van der Waals surface area contributed by atoms with E-state index >= 15 is 0 Å². The van der Waals surface area contributed by atoms with Crippen LogP contribution in [0.2, 0.25) is 0 Å². The zero-order valence-corrected chi connectivity index (χ0v) is 14.2. The van der Waals surface area contributed by atoms with Crippen LogP contribution in [0.3, 0.4) is 0 Å². The zero-order valence-electron chi connectivity index (χ0n) is 13.3. The largest absolute Gasteiger partial charge is 0.464 e. The van der Waals surface area contributed by atoms with Crippen molar-refractivity contribution in [2.45, 2.75) is 50.2 Å². The molecule has 0 aromatic heterocycles. The number of rotatable bonds is 6. The number of carbonyl (C=O) groups is 1. The van der Waals surface area contributed by atoms with Gasteiger partial charge in [0.15, 0.2) is 0 Å². The minimum absolute atomic E-state index is 0.365. The van der Waals surface area contributed by atoms with Crippen molar-refractivity contribution in [3.63, 3.8) is 0 Å². The van der Waals surface area contributed by atoms with Crippen LogP contribution in [0.4, 0.5) is 17.6 Å². The molecular weight excluding hydrogens is 368 g/mol. The summed E-state index contributed by atoms with van der Waals surface area (Å²) in [6.45, 7) is -1.45. The Kier molecular flexibility index (Phi) is 4.59. The lowest BCUT2D eigenvalue weighted by Gasteiger charge is -2.55. The van der Waals surface area contributed by atoms with Gasteiger partial charge in [0, 0.05) is 0 Å². The lowest BCUT2D eigenvalue weighted by molar-refractivity contribution is -0.178. The molecular formula is C15H20F4O5S. The first-order chi connectivity index (χ1) is 11.4. The average Bonchev–Trinajstić information content (AvgIpc) is 2.43. The Balaban J connectivity index is 1.70. The highest BCUT2D eigenvalue weighted by Gasteiger charge is 2.58. The third-order valence-electron chi connectivity index (χ3n) is 5.94. The maximum Gasteiger partial charge on any atom is 0.381 e. The molecule has 0 heterocycles. The van der Waals surface area contributed by atoms with Gasteiger partial charge in [0.25, 0.3) is 6.43 Å². The molecule has 0 spiro atoms. The summed E-state index contributed by atoms with van der Waals surface area (Å²) in [7, 11) is -6.04. The van der Waals surface area contributed by atoms with E-state index in [1.54, 1.807) is 0 Å². The molecule has 25 heavy (non-hydrogen) atoms. The fraction of sp³-hybridized carbons (Fsp3) is 0.933. The number of hydrogen-bond donors (Lipinski definition) is 1. The van der Waals surface area contributed by atoms with Gasteiger partial charge in [0.05, 0.1) is 5.41 Å². The summed E-state index contributed by atoms with van der Waals surface area (Å²) in [5.41, 5.74) is -0.825. The zero-order chi connectivity index (χ0) is 18.6. The van der Waals surface area contributed by atoms with E-state index in [-0.39, 0.29) is 0 Å². The first-order valence-corrected chi connectivity index (χ1v) is 9.69. The predicted molar refractivity (Wildman–Crippen MR) is 77.6 cm³/mol. The van der Waals surface area contributed by atoms with Crippen LogP contribution in [0.25, 0.3) is 0 Å². The fourth-order valence-electron chi connectivity index (χ4n) is 5.19. The number of hydrogen-bond acceptors (Lipinski definition) is 4. The fourth-order valence-corrected chi connectivity index (χ4v) is 5.74. The smallest absolute Gasteiger partial charge is 0.381 e. The first-order valence-electron chi connectivity index (χ1n) is 8.25. The quantitative estimate of drug-likeness (QED) is 0.430. The predicted octanol–water partition coefficient (Wildman–Crippen LogP) is 3.11. The SMILES string of the molecule is O=C(OCC(C(F)F)C(F)(F)S(=O)(=O)O)C12CC3CC(CC(C3)C1)C2. The summed E-state index contributed by atoms with van der Waals surface area (Å²) in [4.78, 5) is 12.5. The third-order valence-corrected chi connectivity index (χ3v) is 6.94. The van der Waals surface area contributed by atoms with Gasteiger partial charge in [-0.15, -0.1) is 0 Å². The summed E-state index contributed by atoms with van der Waals surface area (Å²) >= 11 is 0. The Morgan fingerprint density at radius 1 is 1.12 bits per heavy atom. The van der Waals surface area contributed by atoms with Gasteiger partial charge in [0.2, 0.25) is 0 Å². The molecule has 0 radical (unpaired) electrons. The summed E-state index contributed by atoms with van der Waals surface area (Å²) in [6, 6.07) is 0. The van der Waals surface area contributed by atoms with E-state index in [0.717, 1.165) is 19.3 Å². The number of carbonyl (C=O) groups excluding carboxylic acids is 1. The van der Waals surface area contributed by atoms with E-state index in [2.05, 4.69) is 0 Å². The maximum absolute atomic E-state index is 13.5. The molecule has 10 heteroatoms. The molecule has 0 aliphatic heterocycles. The van der Waals surface area contributed by atoms with E-state index in [4.69, 9.17) is 9.29 Å². The van der Waals surface area contributed by atoms with Crippen molar-refractivity contribution in [3.05, 3.63) is 0 Å². The third kappa shape index (κ3) is 3.27. The van der Waals surface area contributed by atoms with Crippen molar-refractivity contribution in [3.8, 4) is 0 Å². The second kappa shape index (κ2) is 6.07. The molecule has 0 amide bonds. The summed E-state index contributed by atoms with van der Waals surface area (Å²) in [5, 5.41) is -5.09. The van der Waals surface area contributed by atoms with Crippen molar-refractivity contribution in [2.24, 2.45) is 29.1 Å². The molecule has 4 fully saturated rings. The Morgan fingerprint density at radius 2 is 1.56 bits per heavy atom. The van der Waals surface area contributed by atoms with Gasteiger partial charge in [0.1, 0.15) is 12.5 Å². The van der Waals surface area contributed by atoms with Crippen LogP contribution in [-0.4, -0.2) is 37.2 Å². The van der Waals surface area contributed by atoms with E-state index in [9.17, 15) is 30.8 Å². The topological polar surface area (TPSA) is 80.7 Å². The van der Waals surface area contributed by atoms with E-state index < -0.39 is 45.7 Å². The highest BCUT2D eigenvalue weighted by Crippen LogP contribution is 2.60. The number of halogens is 4. The average molecular weight is 388 g/mol. The standard InChI is InChI=1S/C15H20F4O5S/c16-12(17)11(15(18,19)25(21,22)23)7-24-13(20)14-4-8-1-9(5-14)3-10(2-8)6-14/h8-12H,1-7H2,(H,21,22,23). The molecule has 1 unspecified atom stereocenters. The molecule has 1 atom stereocenters. The first kappa shape index (κ1) is 18.9. The van der Waals surface area contributed by atoms with Crippen LogP contribution >= 0.6 is 0 Å². The van der Waals surface area contributed by atoms with Crippen LogP contribution in [0, 0.1) is 29.1 Å². The van der Waals surface area contributed by atoms with Gasteiger partial charge in [-0.1, -0.05) is 0 Å². The van der Waals surface area contributed by atoms with Gasteiger partial charge in [-0.25, -0.2) is 8.78 Å². The monoisotopic (exact) mass is 388 g/mol. The van der Waals surface area contributed by atoms with Gasteiger partial charge in [-0.05, 0) is 56.3 Å². The molecule has 4 bridgehead atoms. The van der Waals surface area contributed by atoms with Crippen molar-refractivity contribution >= 4 is 16.1 Å². The second-order valence-corrected chi connectivity index (χ2v) is 9.27. The molecule has 1 N–H and O–H groups in total. The van der Waals surface area contributed by atoms with E-state index in [0.29, 0.717) is 37.0 Å². The van der Waals surface area contributed by atoms with Crippen LogP contribution in [-0.2, 0) is 19.6 Å². The van der Waals surface area contributed by atoms with Crippen LogP contribution in [0.1, 0.15) is 38.5 Å². The molecule has 4 rings (SSSR count). The van der Waals surface area contributed by atoms with Gasteiger partial charge in [-0.2, -0.15) is 17.2 Å². The number of ether oxygens (including phenoxy) is 1. The van der Waals surface area contributed by atoms with Gasteiger partial charge >= 0.3 is 21.3 Å². The lowest BCUT2D eigenvalue weighted by Crippen LogP contribution is -2.51. The van der Waals surface area contributed by atoms with Crippen molar-refractivity contribution < 1.29 is 40.1 Å². The van der Waals surface area contributed by atoms with E-state index in [1.807, 2.05) is 0 Å². The molecule has 0 aromatic carbocycles. The maximum atomic E-state index is 13.5. The van der Waals surface area contributed by atoms with Crippen molar-refractivity contribution in [1.29, 1.82) is 0 Å². The Labute approximate surface area is 142 Å². The van der Waals surface area contributed by atoms with Crippen molar-refractivity contribution in [1.82, 2.24) is 0 Å². The number of alkyl halides is 4. The Morgan fingerprint density at radius 3 is 1.92 bits per heavy atom. The number of esters is 1. The lowest BCUT2D eigenvalue weighted by atomic mass is 9.49. The molecule has 4 aliphatic carbocycles. The van der Waals surface area contributed by atoms with Gasteiger partial charge < -0.3 is 4.74 Å². The summed E-state index contributed by atoms with van der Waals surface area (Å²) in [6.07, 6.45) is 0.970. The van der Waals surface area contributed by atoms with E-state index in [1.165, 1.54) is 0 Å². The Hall–Kier alpha value is -0.900. The highest BCUT2D eigenvalue weighted by atomic mass is 32.2. The van der Waals surface area contributed by atoms with Gasteiger partial charge in [-0.3, -0.25) is 9.35 Å². The Bertz CT molecular complexity index is 613. The molecule has 5 nitrogen and oxygen atoms in total. The van der Waals surface area contributed by atoms with Crippen molar-refractivity contribution in [2.75, 3.05) is 6.61 Å². The van der Waals surface area contributed by atoms with Crippen LogP contribution < -0.4 is 0 Å². The molecule has 0 aromatic rings. The summed E-state index contributed by atoms with van der Waals surface area (Å²) < 4.78 is 87.5. The molecule has 4 aliphatic rings. The molecule has 4 saturated carbocycles. The summed E-state index contributed by atoms with van der Waals surface area (Å²) in [5.74, 6) is -2.82. The minimum atomic E-state index is -6.04. The minimum Gasteiger partial charge on any atom is -0.464 e.